The predicted molar refractivity (Wildman–Crippen MR) is 79.5 cm³/mol. The van der Waals surface area contributed by atoms with Gasteiger partial charge in [-0.25, -0.2) is 4.39 Å². The highest BCUT2D eigenvalue weighted by Gasteiger charge is 2.52. The van der Waals surface area contributed by atoms with E-state index >= 15 is 0 Å². The van der Waals surface area contributed by atoms with Crippen LogP contribution in [0.2, 0.25) is 0 Å². The Morgan fingerprint density at radius 1 is 1.32 bits per heavy atom. The maximum atomic E-state index is 14.0. The van der Waals surface area contributed by atoms with Crippen LogP contribution in [0.5, 0.6) is 0 Å². The molecule has 1 atom stereocenters. The number of benzene rings is 1. The average molecular weight is 321 g/mol. The minimum atomic E-state index is -1.35. The van der Waals surface area contributed by atoms with Crippen molar-refractivity contribution in [3.05, 3.63) is 29.1 Å². The minimum Gasteiger partial charge on any atom is -0.398 e. The summed E-state index contributed by atoms with van der Waals surface area (Å²) in [4.78, 5) is 37.1. The van der Waals surface area contributed by atoms with Crippen molar-refractivity contribution in [2.24, 2.45) is 0 Å². The van der Waals surface area contributed by atoms with Crippen molar-refractivity contribution in [1.82, 2.24) is 10.2 Å². The van der Waals surface area contributed by atoms with Gasteiger partial charge in [0.05, 0.1) is 11.1 Å². The molecule has 1 aromatic rings. The number of carbonyl (C=O) groups is 3. The SMILES string of the molecule is CC1(N2C(=O)c3c(N)ccc(F)c3C2=S)CCC(=O)NC1=O. The normalized spacial score (nSPS) is 24.5. The van der Waals surface area contributed by atoms with E-state index in [0.29, 0.717) is 0 Å². The van der Waals surface area contributed by atoms with Crippen LogP contribution in [0.15, 0.2) is 12.1 Å². The fraction of sp³-hybridized carbons (Fsp3) is 0.286. The van der Waals surface area contributed by atoms with E-state index in [2.05, 4.69) is 5.32 Å². The molecule has 1 fully saturated rings. The molecule has 1 unspecified atom stereocenters. The number of nitrogens with zero attached hydrogens (tertiary/aromatic N) is 1. The van der Waals surface area contributed by atoms with Crippen molar-refractivity contribution in [2.75, 3.05) is 5.73 Å². The van der Waals surface area contributed by atoms with E-state index in [9.17, 15) is 18.8 Å². The van der Waals surface area contributed by atoms with Gasteiger partial charge in [-0.1, -0.05) is 12.2 Å². The number of halogens is 1. The number of amides is 3. The Balaban J connectivity index is 2.12. The van der Waals surface area contributed by atoms with Crippen LogP contribution in [0.1, 0.15) is 35.7 Å². The molecule has 3 rings (SSSR count). The topological polar surface area (TPSA) is 92.5 Å². The Morgan fingerprint density at radius 3 is 2.59 bits per heavy atom. The fourth-order valence-electron chi connectivity index (χ4n) is 2.80. The van der Waals surface area contributed by atoms with E-state index in [1.54, 1.807) is 0 Å². The summed E-state index contributed by atoms with van der Waals surface area (Å²) in [7, 11) is 0. The summed E-state index contributed by atoms with van der Waals surface area (Å²) >= 11 is 5.20. The summed E-state index contributed by atoms with van der Waals surface area (Å²) in [6.07, 6.45) is 0.183. The first-order valence-electron chi connectivity index (χ1n) is 6.58. The monoisotopic (exact) mass is 321 g/mol. The summed E-state index contributed by atoms with van der Waals surface area (Å²) in [5.41, 5.74) is 4.41. The molecular formula is C14H12FN3O3S. The third-order valence-electron chi connectivity index (χ3n) is 4.10. The van der Waals surface area contributed by atoms with Gasteiger partial charge in [0, 0.05) is 12.1 Å². The van der Waals surface area contributed by atoms with E-state index in [-0.39, 0.29) is 34.6 Å². The molecule has 0 spiro atoms. The number of fused-ring (bicyclic) bond motifs is 1. The van der Waals surface area contributed by atoms with Gasteiger partial charge in [0.15, 0.2) is 0 Å². The molecule has 114 valence electrons. The number of piperidine rings is 1. The molecule has 1 saturated heterocycles. The summed E-state index contributed by atoms with van der Waals surface area (Å²) < 4.78 is 14.0. The molecular weight excluding hydrogens is 309 g/mol. The second-order valence-electron chi connectivity index (χ2n) is 5.48. The van der Waals surface area contributed by atoms with Crippen LogP contribution in [0.25, 0.3) is 0 Å². The fourth-order valence-corrected chi connectivity index (χ4v) is 3.29. The molecule has 1 aromatic carbocycles. The predicted octanol–water partition coefficient (Wildman–Crippen LogP) is 0.735. The first-order valence-corrected chi connectivity index (χ1v) is 6.99. The number of hydrogen-bond acceptors (Lipinski definition) is 5. The molecule has 2 aliphatic heterocycles. The van der Waals surface area contributed by atoms with E-state index in [4.69, 9.17) is 18.0 Å². The van der Waals surface area contributed by atoms with Gasteiger partial charge in [-0.3, -0.25) is 24.6 Å². The number of rotatable bonds is 1. The number of anilines is 1. The van der Waals surface area contributed by atoms with E-state index in [1.165, 1.54) is 13.0 Å². The highest BCUT2D eigenvalue weighted by Crippen LogP contribution is 2.37. The van der Waals surface area contributed by atoms with Crippen LogP contribution in [0.4, 0.5) is 10.1 Å². The van der Waals surface area contributed by atoms with Crippen molar-refractivity contribution in [2.45, 2.75) is 25.3 Å². The van der Waals surface area contributed by atoms with Gasteiger partial charge in [0.25, 0.3) is 11.8 Å². The molecule has 3 N–H and O–H groups in total. The Labute approximate surface area is 130 Å². The highest BCUT2D eigenvalue weighted by atomic mass is 32.1. The Morgan fingerprint density at radius 2 is 2.00 bits per heavy atom. The molecule has 0 radical (unpaired) electrons. The molecule has 0 aliphatic carbocycles. The minimum absolute atomic E-state index is 0.0316. The lowest BCUT2D eigenvalue weighted by Crippen LogP contribution is -2.62. The first-order chi connectivity index (χ1) is 10.3. The number of nitrogens with one attached hydrogen (secondary N) is 1. The Hall–Kier alpha value is -2.35. The van der Waals surface area contributed by atoms with Gasteiger partial charge in [-0.05, 0) is 25.5 Å². The maximum Gasteiger partial charge on any atom is 0.262 e. The van der Waals surface area contributed by atoms with Crippen LogP contribution in [-0.2, 0) is 9.59 Å². The number of nitrogen functional groups attached to an aromatic ring is 1. The molecule has 6 nitrogen and oxygen atoms in total. The van der Waals surface area contributed by atoms with Crippen molar-refractivity contribution < 1.29 is 18.8 Å². The zero-order valence-corrected chi connectivity index (χ0v) is 12.4. The van der Waals surface area contributed by atoms with Crippen LogP contribution < -0.4 is 11.1 Å². The zero-order chi connectivity index (χ0) is 16.2. The van der Waals surface area contributed by atoms with Crippen LogP contribution in [0.3, 0.4) is 0 Å². The maximum absolute atomic E-state index is 14.0. The van der Waals surface area contributed by atoms with Crippen molar-refractivity contribution in [3.8, 4) is 0 Å². The number of imide groups is 1. The quantitative estimate of drug-likeness (QED) is 0.452. The van der Waals surface area contributed by atoms with E-state index < -0.39 is 29.1 Å². The zero-order valence-electron chi connectivity index (χ0n) is 11.6. The van der Waals surface area contributed by atoms with Gasteiger partial charge >= 0.3 is 0 Å². The average Bonchev–Trinajstić information content (AvgIpc) is 2.72. The Kier molecular flexibility index (Phi) is 3.03. The van der Waals surface area contributed by atoms with Gasteiger partial charge in [0.2, 0.25) is 5.91 Å². The number of hydrogen-bond donors (Lipinski definition) is 2. The van der Waals surface area contributed by atoms with E-state index in [0.717, 1.165) is 11.0 Å². The lowest BCUT2D eigenvalue weighted by atomic mass is 9.89. The van der Waals surface area contributed by atoms with Gasteiger partial charge in [0.1, 0.15) is 16.3 Å². The second-order valence-corrected chi connectivity index (χ2v) is 5.87. The summed E-state index contributed by atoms with van der Waals surface area (Å²) in [6, 6.07) is 2.41. The first kappa shape index (κ1) is 14.6. The summed E-state index contributed by atoms with van der Waals surface area (Å²) in [6.45, 7) is 1.50. The molecule has 0 aromatic heterocycles. The largest absolute Gasteiger partial charge is 0.398 e. The van der Waals surface area contributed by atoms with Gasteiger partial charge in [-0.2, -0.15) is 0 Å². The number of carbonyl (C=O) groups excluding carboxylic acids is 3. The highest BCUT2D eigenvalue weighted by molar-refractivity contribution is 7.80. The lowest BCUT2D eigenvalue weighted by Gasteiger charge is -2.39. The van der Waals surface area contributed by atoms with Crippen LogP contribution in [0, 0.1) is 5.82 Å². The van der Waals surface area contributed by atoms with Gasteiger partial charge in [-0.15, -0.1) is 0 Å². The summed E-state index contributed by atoms with van der Waals surface area (Å²) in [5, 5.41) is 2.19. The van der Waals surface area contributed by atoms with Gasteiger partial charge < -0.3 is 5.73 Å². The molecule has 0 bridgehead atoms. The lowest BCUT2D eigenvalue weighted by molar-refractivity contribution is -0.140. The molecule has 2 heterocycles. The van der Waals surface area contributed by atoms with Crippen molar-refractivity contribution >= 4 is 40.6 Å². The second kappa shape index (κ2) is 4.57. The van der Waals surface area contributed by atoms with Crippen molar-refractivity contribution in [3.63, 3.8) is 0 Å². The number of nitrogens with two attached hydrogens (primary N) is 1. The van der Waals surface area contributed by atoms with E-state index in [1.807, 2.05) is 0 Å². The third-order valence-corrected chi connectivity index (χ3v) is 4.48. The third kappa shape index (κ3) is 1.77. The molecule has 2 aliphatic rings. The standard InChI is InChI=1S/C14H12FN3O3S/c1-14(5-4-8(19)17-13(14)21)18-11(20)10-7(16)3-2-6(15)9(10)12(18)22/h2-3H,4-5,16H2,1H3,(H,17,19,21). The van der Waals surface area contributed by atoms with Crippen LogP contribution >= 0.6 is 12.2 Å². The Bertz CT molecular complexity index is 723. The number of thiocarbonyl (C=S) groups is 1. The molecule has 0 saturated carbocycles. The smallest absolute Gasteiger partial charge is 0.262 e. The van der Waals surface area contributed by atoms with Crippen LogP contribution in [-0.4, -0.2) is 33.1 Å². The van der Waals surface area contributed by atoms with Crippen molar-refractivity contribution in [1.29, 1.82) is 0 Å². The molecule has 3 amide bonds. The molecule has 8 heteroatoms. The summed E-state index contributed by atoms with van der Waals surface area (Å²) in [5.74, 6) is -2.33. The molecule has 22 heavy (non-hydrogen) atoms.